The molecule has 1 aliphatic rings. The van der Waals surface area contributed by atoms with E-state index in [0.29, 0.717) is 6.04 Å². The minimum atomic E-state index is 0.468. The highest BCUT2D eigenvalue weighted by atomic mass is 79.9. The van der Waals surface area contributed by atoms with Crippen LogP contribution in [0.3, 0.4) is 0 Å². The molecule has 3 heteroatoms. The van der Waals surface area contributed by atoms with E-state index in [2.05, 4.69) is 20.8 Å². The molecule has 66 valence electrons. The van der Waals surface area contributed by atoms with Gasteiger partial charge in [0.05, 0.1) is 0 Å². The summed E-state index contributed by atoms with van der Waals surface area (Å²) in [5.74, 6) is 0. The maximum absolute atomic E-state index is 5.79. The average Bonchev–Trinajstić information content (AvgIpc) is 2.04. The van der Waals surface area contributed by atoms with Gasteiger partial charge in [-0.1, -0.05) is 15.9 Å². The summed E-state index contributed by atoms with van der Waals surface area (Å²) in [5.41, 5.74) is 5.79. The first-order chi connectivity index (χ1) is 5.33. The van der Waals surface area contributed by atoms with Crippen molar-refractivity contribution in [1.29, 1.82) is 0 Å². The van der Waals surface area contributed by atoms with Crippen LogP contribution in [0.5, 0.6) is 0 Å². The molecule has 0 amide bonds. The highest BCUT2D eigenvalue weighted by Gasteiger charge is 2.14. The van der Waals surface area contributed by atoms with E-state index in [-0.39, 0.29) is 0 Å². The molecule has 0 aliphatic carbocycles. The van der Waals surface area contributed by atoms with Gasteiger partial charge >= 0.3 is 0 Å². The topological polar surface area (TPSA) is 29.3 Å². The van der Waals surface area contributed by atoms with Crippen LogP contribution in [0.4, 0.5) is 0 Å². The van der Waals surface area contributed by atoms with Gasteiger partial charge in [-0.2, -0.15) is 0 Å². The van der Waals surface area contributed by atoms with E-state index in [1.165, 1.54) is 38.9 Å². The van der Waals surface area contributed by atoms with Gasteiger partial charge in [-0.3, -0.25) is 0 Å². The minimum absolute atomic E-state index is 0.468. The maximum Gasteiger partial charge on any atom is 0.00631 e. The second-order valence-electron chi connectivity index (χ2n) is 3.22. The third-order valence-corrected chi connectivity index (χ3v) is 2.80. The fourth-order valence-electron chi connectivity index (χ4n) is 1.46. The fraction of sp³-hybridized carbons (Fsp3) is 1.00. The summed E-state index contributed by atoms with van der Waals surface area (Å²) in [4.78, 5) is 2.50. The molecule has 1 aliphatic heterocycles. The number of piperidine rings is 1. The molecular weight excluding hydrogens is 204 g/mol. The van der Waals surface area contributed by atoms with Crippen LogP contribution in [0.2, 0.25) is 0 Å². The zero-order chi connectivity index (χ0) is 8.10. The number of nitrogens with zero attached hydrogens (tertiary/aromatic N) is 1. The van der Waals surface area contributed by atoms with Crippen molar-refractivity contribution in [1.82, 2.24) is 4.90 Å². The molecule has 0 atom stereocenters. The van der Waals surface area contributed by atoms with Crippen molar-refractivity contribution in [3.63, 3.8) is 0 Å². The number of rotatable bonds is 3. The van der Waals surface area contributed by atoms with Gasteiger partial charge in [0, 0.05) is 11.4 Å². The summed E-state index contributed by atoms with van der Waals surface area (Å²) < 4.78 is 0. The summed E-state index contributed by atoms with van der Waals surface area (Å²) in [5, 5.41) is 1.12. The molecule has 0 radical (unpaired) electrons. The van der Waals surface area contributed by atoms with Gasteiger partial charge in [0.25, 0.3) is 0 Å². The Hall–Kier alpha value is 0.400. The lowest BCUT2D eigenvalue weighted by atomic mass is 10.1. The van der Waals surface area contributed by atoms with Crippen molar-refractivity contribution >= 4 is 15.9 Å². The predicted molar refractivity (Wildman–Crippen MR) is 52.1 cm³/mol. The molecule has 0 spiro atoms. The third kappa shape index (κ3) is 3.54. The second-order valence-corrected chi connectivity index (χ2v) is 4.01. The van der Waals surface area contributed by atoms with E-state index < -0.39 is 0 Å². The Morgan fingerprint density at radius 3 is 2.55 bits per heavy atom. The molecule has 0 bridgehead atoms. The summed E-state index contributed by atoms with van der Waals surface area (Å²) >= 11 is 3.44. The first-order valence-electron chi connectivity index (χ1n) is 4.37. The van der Waals surface area contributed by atoms with Crippen molar-refractivity contribution in [3.05, 3.63) is 0 Å². The first-order valence-corrected chi connectivity index (χ1v) is 5.49. The number of hydrogen-bond acceptors (Lipinski definition) is 2. The molecule has 1 saturated heterocycles. The van der Waals surface area contributed by atoms with Crippen LogP contribution in [0.25, 0.3) is 0 Å². The Kier molecular flexibility index (Phi) is 4.41. The van der Waals surface area contributed by atoms with Crippen LogP contribution in [0, 0.1) is 0 Å². The Balaban J connectivity index is 2.07. The molecule has 2 nitrogen and oxygen atoms in total. The van der Waals surface area contributed by atoms with E-state index in [9.17, 15) is 0 Å². The van der Waals surface area contributed by atoms with Crippen LogP contribution >= 0.6 is 15.9 Å². The monoisotopic (exact) mass is 220 g/mol. The van der Waals surface area contributed by atoms with Crippen molar-refractivity contribution in [2.24, 2.45) is 5.73 Å². The van der Waals surface area contributed by atoms with E-state index in [4.69, 9.17) is 5.73 Å². The molecule has 1 fully saturated rings. The van der Waals surface area contributed by atoms with Crippen molar-refractivity contribution in [2.45, 2.75) is 25.3 Å². The molecule has 0 aromatic rings. The SMILES string of the molecule is NC1CCN(CCCBr)CC1. The molecule has 0 aromatic heterocycles. The smallest absolute Gasteiger partial charge is 0.00631 e. The minimum Gasteiger partial charge on any atom is -0.328 e. The summed E-state index contributed by atoms with van der Waals surface area (Å²) in [6, 6.07) is 0.468. The molecular formula is C8H17BrN2. The fourth-order valence-corrected chi connectivity index (χ4v) is 1.71. The number of likely N-dealkylation sites (tertiary alicyclic amines) is 1. The van der Waals surface area contributed by atoms with Gasteiger partial charge < -0.3 is 10.6 Å². The Labute approximate surface area is 77.3 Å². The molecule has 1 rings (SSSR count). The molecule has 1 heterocycles. The van der Waals surface area contributed by atoms with Crippen LogP contribution in [-0.4, -0.2) is 35.9 Å². The van der Waals surface area contributed by atoms with Gasteiger partial charge in [-0.25, -0.2) is 0 Å². The zero-order valence-electron chi connectivity index (χ0n) is 6.93. The van der Waals surface area contributed by atoms with Gasteiger partial charge in [-0.15, -0.1) is 0 Å². The largest absolute Gasteiger partial charge is 0.328 e. The van der Waals surface area contributed by atoms with E-state index in [0.717, 1.165) is 5.33 Å². The molecule has 11 heavy (non-hydrogen) atoms. The van der Waals surface area contributed by atoms with E-state index in [1.54, 1.807) is 0 Å². The molecule has 2 N–H and O–H groups in total. The van der Waals surface area contributed by atoms with Gasteiger partial charge in [0.1, 0.15) is 0 Å². The van der Waals surface area contributed by atoms with Crippen LogP contribution < -0.4 is 5.73 Å². The van der Waals surface area contributed by atoms with Crippen molar-refractivity contribution in [2.75, 3.05) is 25.0 Å². The van der Waals surface area contributed by atoms with Crippen molar-refractivity contribution < 1.29 is 0 Å². The lowest BCUT2D eigenvalue weighted by Crippen LogP contribution is -2.40. The molecule has 0 aromatic carbocycles. The second kappa shape index (κ2) is 5.12. The third-order valence-electron chi connectivity index (χ3n) is 2.24. The highest BCUT2D eigenvalue weighted by Crippen LogP contribution is 2.08. The van der Waals surface area contributed by atoms with Crippen LogP contribution in [0.15, 0.2) is 0 Å². The normalized spacial score (nSPS) is 22.4. The highest BCUT2D eigenvalue weighted by molar-refractivity contribution is 9.09. The first kappa shape index (κ1) is 9.49. The number of halogens is 1. The van der Waals surface area contributed by atoms with Gasteiger partial charge in [0.15, 0.2) is 0 Å². The summed E-state index contributed by atoms with van der Waals surface area (Å²) in [7, 11) is 0. The van der Waals surface area contributed by atoms with Crippen molar-refractivity contribution in [3.8, 4) is 0 Å². The van der Waals surface area contributed by atoms with Gasteiger partial charge in [-0.05, 0) is 38.9 Å². The average molecular weight is 221 g/mol. The van der Waals surface area contributed by atoms with Crippen LogP contribution in [0.1, 0.15) is 19.3 Å². The lowest BCUT2D eigenvalue weighted by molar-refractivity contribution is 0.214. The molecule has 0 saturated carbocycles. The van der Waals surface area contributed by atoms with E-state index >= 15 is 0 Å². The number of hydrogen-bond donors (Lipinski definition) is 1. The summed E-state index contributed by atoms with van der Waals surface area (Å²) in [6.07, 6.45) is 3.62. The Morgan fingerprint density at radius 2 is 2.00 bits per heavy atom. The van der Waals surface area contributed by atoms with Gasteiger partial charge in [0.2, 0.25) is 0 Å². The lowest BCUT2D eigenvalue weighted by Gasteiger charge is -2.29. The summed E-state index contributed by atoms with van der Waals surface area (Å²) in [6.45, 7) is 3.64. The zero-order valence-corrected chi connectivity index (χ0v) is 8.52. The maximum atomic E-state index is 5.79. The van der Waals surface area contributed by atoms with Crippen LogP contribution in [-0.2, 0) is 0 Å². The standard InChI is InChI=1S/C8H17BrN2/c9-4-1-5-11-6-2-8(10)3-7-11/h8H,1-7,10H2. The predicted octanol–water partition coefficient (Wildman–Crippen LogP) is 1.19. The number of alkyl halides is 1. The Bertz CT molecular complexity index is 97.5. The molecule has 0 unspecified atom stereocenters. The van der Waals surface area contributed by atoms with E-state index in [1.807, 2.05) is 0 Å². The number of nitrogens with two attached hydrogens (primary N) is 1. The Morgan fingerprint density at radius 1 is 1.36 bits per heavy atom. The quantitative estimate of drug-likeness (QED) is 0.725.